The Bertz CT molecular complexity index is 1020. The summed E-state index contributed by atoms with van der Waals surface area (Å²) in [6.07, 6.45) is 1.73. The summed E-state index contributed by atoms with van der Waals surface area (Å²) in [7, 11) is -2.45. The van der Waals surface area contributed by atoms with Gasteiger partial charge in [0.25, 0.3) is 0 Å². The Hall–Kier alpha value is -2.90. The van der Waals surface area contributed by atoms with E-state index in [1.807, 2.05) is 54.6 Å². The number of aromatic amines is 1. The summed E-state index contributed by atoms with van der Waals surface area (Å²) in [6.45, 7) is 3.49. The lowest BCUT2D eigenvalue weighted by molar-refractivity contribution is 0.457. The second kappa shape index (κ2) is 7.77. The van der Waals surface area contributed by atoms with E-state index in [4.69, 9.17) is 20.9 Å². The quantitative estimate of drug-likeness (QED) is 0.172. The second-order valence-electron chi connectivity index (χ2n) is 6.30. The van der Waals surface area contributed by atoms with Gasteiger partial charge in [0.15, 0.2) is 5.88 Å². The lowest BCUT2D eigenvalue weighted by Crippen LogP contribution is -2.25. The average Bonchev–Trinajstić information content (AvgIpc) is 2.93. The normalized spacial score (nSPS) is 12.6. The van der Waals surface area contributed by atoms with Crippen LogP contribution in [0, 0.1) is 5.41 Å². The van der Waals surface area contributed by atoms with Crippen molar-refractivity contribution in [2.45, 2.75) is 13.1 Å². The van der Waals surface area contributed by atoms with E-state index in [1.165, 1.54) is 0 Å². The molecule has 3 rings (SSSR count). The smallest absolute Gasteiger partial charge is 0.345 e. The van der Waals surface area contributed by atoms with Gasteiger partial charge in [0.05, 0.1) is 5.70 Å². The van der Waals surface area contributed by atoms with Crippen molar-refractivity contribution >= 4 is 47.4 Å². The van der Waals surface area contributed by atoms with Gasteiger partial charge in [-0.05, 0) is 25.2 Å². The highest BCUT2D eigenvalue weighted by molar-refractivity contribution is 7.15. The molecule has 0 saturated heterocycles. The van der Waals surface area contributed by atoms with Crippen LogP contribution in [0.3, 0.4) is 0 Å². The van der Waals surface area contributed by atoms with Crippen molar-refractivity contribution in [1.29, 1.82) is 5.41 Å². The van der Waals surface area contributed by atoms with E-state index in [0.29, 0.717) is 11.3 Å². The summed E-state index contributed by atoms with van der Waals surface area (Å²) in [5.41, 5.74) is 2.69. The summed E-state index contributed by atoms with van der Waals surface area (Å²) >= 11 is 6.08. The second-order valence-corrected chi connectivity index (χ2v) is 12.0. The number of para-hydroxylation sites is 1. The maximum Gasteiger partial charge on any atom is 0.345 e. The number of fused-ring (bicyclic) bond motifs is 1. The number of nitrogens with one attached hydrogen (secondary N) is 2. The van der Waals surface area contributed by atoms with E-state index in [9.17, 15) is 5.11 Å². The molecule has 0 unspecified atom stereocenters. The Kier molecular flexibility index (Phi) is 5.43. The van der Waals surface area contributed by atoms with Crippen LogP contribution in [0.5, 0.6) is 5.88 Å². The van der Waals surface area contributed by atoms with Gasteiger partial charge in [0.2, 0.25) is 0 Å². The van der Waals surface area contributed by atoms with Crippen molar-refractivity contribution in [3.8, 4) is 5.88 Å². The highest BCUT2D eigenvalue weighted by Gasteiger charge is 2.22. The summed E-state index contributed by atoms with van der Waals surface area (Å²) in [4.78, 5) is 2.94. The Labute approximate surface area is 162 Å². The molecule has 0 aliphatic rings. The van der Waals surface area contributed by atoms with Gasteiger partial charge >= 0.3 is 13.6 Å². The minimum Gasteiger partial charge on any atom is -0.502 e. The molecule has 0 bridgehead atoms. The molecule has 27 heavy (non-hydrogen) atoms. The van der Waals surface area contributed by atoms with Crippen molar-refractivity contribution in [1.82, 2.24) is 4.98 Å². The van der Waals surface area contributed by atoms with Crippen LogP contribution in [-0.2, 0) is 4.43 Å². The molecule has 0 atom stereocenters. The summed E-state index contributed by atoms with van der Waals surface area (Å²) in [5, 5.41) is 27.0. The van der Waals surface area contributed by atoms with E-state index < -0.39 is 7.63 Å². The predicted molar refractivity (Wildman–Crippen MR) is 111 cm³/mol. The third-order valence-electron chi connectivity index (χ3n) is 3.66. The minimum atomic E-state index is -2.45. The van der Waals surface area contributed by atoms with E-state index in [0.717, 1.165) is 16.5 Å². The number of H-pyrrole nitrogens is 1. The third-order valence-corrected chi connectivity index (χ3v) is 4.57. The monoisotopic (exact) mass is 398 g/mol. The zero-order valence-corrected chi connectivity index (χ0v) is 16.7. The summed E-state index contributed by atoms with van der Waals surface area (Å²) < 4.78 is 5.30. The van der Waals surface area contributed by atoms with Crippen LogP contribution in [0.1, 0.15) is 11.1 Å². The molecule has 0 aliphatic heterocycles. The van der Waals surface area contributed by atoms with Gasteiger partial charge in [-0.2, -0.15) is 0 Å². The van der Waals surface area contributed by atoms with Crippen molar-refractivity contribution in [2.75, 3.05) is 0 Å². The zero-order chi connectivity index (χ0) is 19.4. The van der Waals surface area contributed by atoms with Crippen LogP contribution in [0.2, 0.25) is 13.1 Å². The Morgan fingerprint density at radius 2 is 1.78 bits per heavy atom. The molecular formula is C19H19ClN4O2Si. The number of aromatic nitrogens is 1. The highest BCUT2D eigenvalue weighted by atomic mass is 35.6. The molecular weight excluding hydrogens is 380 g/mol. The van der Waals surface area contributed by atoms with Crippen molar-refractivity contribution in [3.05, 3.63) is 65.7 Å². The van der Waals surface area contributed by atoms with E-state index in [2.05, 4.69) is 15.2 Å². The number of hydrogen-bond donors (Lipinski definition) is 3. The number of rotatable bonds is 4. The van der Waals surface area contributed by atoms with Crippen molar-refractivity contribution < 1.29 is 9.53 Å². The molecule has 0 saturated carbocycles. The molecule has 0 amide bonds. The molecule has 0 spiro atoms. The first-order valence-corrected chi connectivity index (χ1v) is 12.2. The van der Waals surface area contributed by atoms with Gasteiger partial charge in [-0.15, -0.1) is 16.2 Å². The molecule has 138 valence electrons. The van der Waals surface area contributed by atoms with E-state index in [-0.39, 0.29) is 11.9 Å². The van der Waals surface area contributed by atoms with Crippen LogP contribution in [0.25, 0.3) is 22.7 Å². The average molecular weight is 399 g/mol. The fraction of sp³-hybridized carbons (Fsp3) is 0.105. The Morgan fingerprint density at radius 3 is 2.48 bits per heavy atom. The largest absolute Gasteiger partial charge is 0.502 e. The van der Waals surface area contributed by atoms with Gasteiger partial charge in [0.1, 0.15) is 0 Å². The Morgan fingerprint density at radius 1 is 1.11 bits per heavy atom. The van der Waals surface area contributed by atoms with Gasteiger partial charge in [-0.3, -0.25) is 0 Å². The Balaban J connectivity index is 2.04. The van der Waals surface area contributed by atoms with Crippen LogP contribution in [-0.4, -0.2) is 23.7 Å². The topological polar surface area (TPSA) is 93.8 Å². The SMILES string of the molecule is C[Si](C)(Cl)OC(=N)N=N/C(=C\c1c(O)[nH]c2ccccc12)c1ccccc1. The van der Waals surface area contributed by atoms with Gasteiger partial charge in [-0.25, -0.2) is 5.41 Å². The number of benzene rings is 2. The lowest BCUT2D eigenvalue weighted by Gasteiger charge is -2.13. The summed E-state index contributed by atoms with van der Waals surface area (Å²) in [6, 6.07) is 16.6. The molecule has 3 aromatic rings. The van der Waals surface area contributed by atoms with Crippen LogP contribution in [0.4, 0.5) is 0 Å². The van der Waals surface area contributed by atoms with Gasteiger partial charge < -0.3 is 14.5 Å². The molecule has 1 heterocycles. The molecule has 6 nitrogen and oxygen atoms in total. The molecule has 0 fully saturated rings. The number of halogens is 1. The molecule has 0 radical (unpaired) electrons. The summed E-state index contributed by atoms with van der Waals surface area (Å²) in [5.74, 6) is 0.0421. The minimum absolute atomic E-state index is 0.0421. The third kappa shape index (κ3) is 4.84. The fourth-order valence-electron chi connectivity index (χ4n) is 2.56. The zero-order valence-electron chi connectivity index (χ0n) is 14.9. The first kappa shape index (κ1) is 18.9. The number of amidine groups is 1. The van der Waals surface area contributed by atoms with Crippen LogP contribution in [0.15, 0.2) is 64.8 Å². The predicted octanol–water partition coefficient (Wildman–Crippen LogP) is 5.72. The van der Waals surface area contributed by atoms with Crippen molar-refractivity contribution in [3.63, 3.8) is 0 Å². The number of hydrogen-bond acceptors (Lipinski definition) is 4. The number of aromatic hydroxyl groups is 1. The molecule has 3 N–H and O–H groups in total. The van der Waals surface area contributed by atoms with Crippen LogP contribution < -0.4 is 0 Å². The van der Waals surface area contributed by atoms with E-state index in [1.54, 1.807) is 19.2 Å². The standard InChI is InChI=1S/C19H19ClN4O2Si/c1-27(2,20)26-19(21)24-23-17(13-8-4-3-5-9-13)12-15-14-10-6-7-11-16(14)22-18(15)25/h3-12,21-22,25H,1-2H3/b17-12-,21-19?,24-23?. The maximum atomic E-state index is 10.3. The molecule has 0 aliphatic carbocycles. The first-order chi connectivity index (χ1) is 12.8. The van der Waals surface area contributed by atoms with Crippen LogP contribution >= 0.6 is 11.1 Å². The highest BCUT2D eigenvalue weighted by Crippen LogP contribution is 2.31. The molecule has 1 aromatic heterocycles. The first-order valence-electron chi connectivity index (χ1n) is 8.28. The van der Waals surface area contributed by atoms with Gasteiger partial charge in [0, 0.05) is 22.0 Å². The number of nitrogens with zero attached hydrogens (tertiary/aromatic N) is 2. The van der Waals surface area contributed by atoms with Crippen molar-refractivity contribution in [2.24, 2.45) is 10.2 Å². The van der Waals surface area contributed by atoms with E-state index >= 15 is 0 Å². The maximum absolute atomic E-state index is 10.3. The lowest BCUT2D eigenvalue weighted by atomic mass is 10.1. The molecule has 2 aromatic carbocycles. The molecule has 8 heteroatoms. The number of azo groups is 1. The van der Waals surface area contributed by atoms with Gasteiger partial charge in [-0.1, -0.05) is 53.6 Å². The fourth-order valence-corrected chi connectivity index (χ4v) is 3.28.